The molecule has 1 aromatic carbocycles. The van der Waals surface area contributed by atoms with Crippen molar-refractivity contribution >= 4 is 11.6 Å². The van der Waals surface area contributed by atoms with Gasteiger partial charge in [0.25, 0.3) is 0 Å². The van der Waals surface area contributed by atoms with Crippen LogP contribution in [0.2, 0.25) is 0 Å². The largest absolute Gasteiger partial charge is 0.417 e. The third-order valence-corrected chi connectivity index (χ3v) is 6.55. The fourth-order valence-corrected chi connectivity index (χ4v) is 4.87. The summed E-state index contributed by atoms with van der Waals surface area (Å²) in [5, 5.41) is 9.07. The van der Waals surface area contributed by atoms with Crippen molar-refractivity contribution in [2.24, 2.45) is 16.7 Å². The maximum absolute atomic E-state index is 13.4. The van der Waals surface area contributed by atoms with E-state index in [9.17, 15) is 18.0 Å². The molecule has 1 amide bonds. The highest BCUT2D eigenvalue weighted by Gasteiger charge is 2.51. The predicted molar refractivity (Wildman–Crippen MR) is 116 cm³/mol. The van der Waals surface area contributed by atoms with E-state index in [1.807, 2.05) is 37.5 Å². The normalized spacial score (nSPS) is 23.8. The van der Waals surface area contributed by atoms with Crippen molar-refractivity contribution in [1.82, 2.24) is 4.90 Å². The van der Waals surface area contributed by atoms with E-state index >= 15 is 0 Å². The van der Waals surface area contributed by atoms with E-state index in [-0.39, 0.29) is 28.2 Å². The summed E-state index contributed by atoms with van der Waals surface area (Å²) in [5.74, 6) is 0.226. The van der Waals surface area contributed by atoms with Crippen LogP contribution in [0.3, 0.4) is 0 Å². The van der Waals surface area contributed by atoms with E-state index in [4.69, 9.17) is 10.00 Å². The first-order valence-corrected chi connectivity index (χ1v) is 11.1. The van der Waals surface area contributed by atoms with Gasteiger partial charge in [-0.05, 0) is 37.0 Å². The Morgan fingerprint density at radius 1 is 1.28 bits per heavy atom. The number of benzene rings is 1. The maximum atomic E-state index is 13.4. The van der Waals surface area contributed by atoms with Gasteiger partial charge in [-0.25, -0.2) is 0 Å². The van der Waals surface area contributed by atoms with Crippen molar-refractivity contribution in [2.45, 2.75) is 46.7 Å². The number of rotatable bonds is 5. The molecule has 3 rings (SSSR count). The number of nitrogens with zero attached hydrogens (tertiary/aromatic N) is 3. The monoisotopic (exact) mass is 451 g/mol. The fourth-order valence-electron chi connectivity index (χ4n) is 4.87. The minimum absolute atomic E-state index is 0.108. The van der Waals surface area contributed by atoms with Crippen LogP contribution in [0, 0.1) is 28.1 Å². The number of hydrogen-bond donors (Lipinski definition) is 0. The number of alkyl halides is 3. The summed E-state index contributed by atoms with van der Waals surface area (Å²) in [6, 6.07) is 5.54. The van der Waals surface area contributed by atoms with Gasteiger partial charge in [0.05, 0.1) is 23.8 Å². The molecule has 2 heterocycles. The average Bonchev–Trinajstić information content (AvgIpc) is 3.09. The van der Waals surface area contributed by atoms with Gasteiger partial charge in [-0.1, -0.05) is 20.8 Å². The number of hydrogen-bond acceptors (Lipinski definition) is 4. The summed E-state index contributed by atoms with van der Waals surface area (Å²) < 4.78 is 46.1. The second-order valence-electron chi connectivity index (χ2n) is 10.2. The Bertz CT molecular complexity index is 888. The topological polar surface area (TPSA) is 56.6 Å². The van der Waals surface area contributed by atoms with E-state index in [0.717, 1.165) is 12.5 Å². The molecule has 8 heteroatoms. The smallest absolute Gasteiger partial charge is 0.381 e. The predicted octanol–water partition coefficient (Wildman–Crippen LogP) is 4.70. The van der Waals surface area contributed by atoms with Crippen LogP contribution in [-0.4, -0.2) is 50.2 Å². The van der Waals surface area contributed by atoms with Crippen molar-refractivity contribution in [2.75, 3.05) is 44.3 Å². The van der Waals surface area contributed by atoms with E-state index in [0.29, 0.717) is 51.5 Å². The van der Waals surface area contributed by atoms with Gasteiger partial charge in [0.2, 0.25) is 5.91 Å². The van der Waals surface area contributed by atoms with Crippen LogP contribution < -0.4 is 4.90 Å². The Balaban J connectivity index is 1.84. The maximum Gasteiger partial charge on any atom is 0.417 e. The third kappa shape index (κ3) is 5.20. The Morgan fingerprint density at radius 3 is 2.59 bits per heavy atom. The molecule has 2 saturated heterocycles. The van der Waals surface area contributed by atoms with Crippen LogP contribution in [0.1, 0.15) is 51.7 Å². The number of carbonyl (C=O) groups is 1. The lowest BCUT2D eigenvalue weighted by Gasteiger charge is -2.44. The Hall–Kier alpha value is -2.27. The standard InChI is InChI=1S/C24H32F3N3O2/c1-5-32-16-23-8-9-29(19-7-6-17(12-28)20(10-19)24(25,26)27)13-18(23)14-30(15-23)21(31)11-22(2,3)4/h6-7,10,18H,5,8-9,11,13-16H2,1-4H3/t18-,23+/m1/s1. The Labute approximate surface area is 188 Å². The molecule has 1 aromatic rings. The molecule has 176 valence electrons. The van der Waals surface area contributed by atoms with Gasteiger partial charge in [0.1, 0.15) is 0 Å². The van der Waals surface area contributed by atoms with Crippen LogP contribution in [-0.2, 0) is 15.7 Å². The van der Waals surface area contributed by atoms with Gasteiger partial charge in [-0.2, -0.15) is 18.4 Å². The van der Waals surface area contributed by atoms with Gasteiger partial charge in [0, 0.05) is 56.2 Å². The minimum atomic E-state index is -4.58. The van der Waals surface area contributed by atoms with Crippen molar-refractivity contribution < 1.29 is 22.7 Å². The molecule has 0 aromatic heterocycles. The first-order chi connectivity index (χ1) is 14.9. The van der Waals surface area contributed by atoms with E-state index in [1.54, 1.807) is 12.1 Å². The Kier molecular flexibility index (Phi) is 6.80. The number of anilines is 1. The molecule has 2 atom stereocenters. The average molecular weight is 452 g/mol. The summed E-state index contributed by atoms with van der Waals surface area (Å²) in [6.07, 6.45) is -3.39. The zero-order chi connectivity index (χ0) is 23.7. The van der Waals surface area contributed by atoms with Crippen molar-refractivity contribution in [3.63, 3.8) is 0 Å². The van der Waals surface area contributed by atoms with Gasteiger partial charge in [-0.3, -0.25) is 4.79 Å². The second kappa shape index (κ2) is 8.93. The molecule has 0 N–H and O–H groups in total. The molecule has 0 saturated carbocycles. The molecule has 32 heavy (non-hydrogen) atoms. The number of carbonyl (C=O) groups excluding carboxylic acids is 1. The highest BCUT2D eigenvalue weighted by molar-refractivity contribution is 5.77. The highest BCUT2D eigenvalue weighted by Crippen LogP contribution is 2.45. The summed E-state index contributed by atoms with van der Waals surface area (Å²) in [7, 11) is 0. The van der Waals surface area contributed by atoms with Gasteiger partial charge >= 0.3 is 6.18 Å². The number of likely N-dealkylation sites (tertiary alicyclic amines) is 1. The SMILES string of the molecule is CCOC[C@@]12CCN(c3ccc(C#N)c(C(F)(F)F)c3)C[C@@H]1CN(C(=O)CC(C)(C)C)C2. The molecule has 5 nitrogen and oxygen atoms in total. The Morgan fingerprint density at radius 2 is 2.00 bits per heavy atom. The number of ether oxygens (including phenoxy) is 1. The first kappa shape index (κ1) is 24.4. The molecular formula is C24H32F3N3O2. The molecule has 0 aliphatic carbocycles. The molecular weight excluding hydrogens is 419 g/mol. The zero-order valence-corrected chi connectivity index (χ0v) is 19.3. The summed E-state index contributed by atoms with van der Waals surface area (Å²) >= 11 is 0. The molecule has 0 radical (unpaired) electrons. The van der Waals surface area contributed by atoms with Gasteiger partial charge in [-0.15, -0.1) is 0 Å². The third-order valence-electron chi connectivity index (χ3n) is 6.55. The van der Waals surface area contributed by atoms with E-state index in [1.165, 1.54) is 6.07 Å². The van der Waals surface area contributed by atoms with E-state index in [2.05, 4.69) is 0 Å². The van der Waals surface area contributed by atoms with Crippen LogP contribution >= 0.6 is 0 Å². The van der Waals surface area contributed by atoms with Crippen molar-refractivity contribution in [3.8, 4) is 6.07 Å². The minimum Gasteiger partial charge on any atom is -0.381 e. The number of piperidine rings is 1. The molecule has 2 aliphatic rings. The number of fused-ring (bicyclic) bond motifs is 1. The number of halogens is 3. The molecule has 0 bridgehead atoms. The van der Waals surface area contributed by atoms with Crippen LogP contribution in [0.15, 0.2) is 18.2 Å². The summed E-state index contributed by atoms with van der Waals surface area (Å²) in [5.41, 5.74) is -1.11. The lowest BCUT2D eigenvalue weighted by Crippen LogP contribution is -2.49. The van der Waals surface area contributed by atoms with Gasteiger partial charge < -0.3 is 14.5 Å². The lowest BCUT2D eigenvalue weighted by molar-refractivity contribution is -0.137. The molecule has 2 fully saturated rings. The number of amides is 1. The molecule has 0 unspecified atom stereocenters. The summed E-state index contributed by atoms with van der Waals surface area (Å²) in [4.78, 5) is 16.8. The number of nitriles is 1. The fraction of sp³-hybridized carbons (Fsp3) is 0.667. The van der Waals surface area contributed by atoms with Crippen LogP contribution in [0.4, 0.5) is 18.9 Å². The lowest BCUT2D eigenvalue weighted by atomic mass is 9.73. The van der Waals surface area contributed by atoms with Crippen LogP contribution in [0.25, 0.3) is 0 Å². The summed E-state index contributed by atoms with van der Waals surface area (Å²) in [6.45, 7) is 11.5. The van der Waals surface area contributed by atoms with E-state index < -0.39 is 11.7 Å². The first-order valence-electron chi connectivity index (χ1n) is 11.1. The van der Waals surface area contributed by atoms with Crippen LogP contribution in [0.5, 0.6) is 0 Å². The highest BCUT2D eigenvalue weighted by atomic mass is 19.4. The molecule has 0 spiro atoms. The zero-order valence-electron chi connectivity index (χ0n) is 19.3. The second-order valence-corrected chi connectivity index (χ2v) is 10.2. The van der Waals surface area contributed by atoms with Crippen molar-refractivity contribution in [3.05, 3.63) is 29.3 Å². The quantitative estimate of drug-likeness (QED) is 0.651. The van der Waals surface area contributed by atoms with Crippen molar-refractivity contribution in [1.29, 1.82) is 5.26 Å². The van der Waals surface area contributed by atoms with Gasteiger partial charge in [0.15, 0.2) is 0 Å². The molecule has 2 aliphatic heterocycles.